The summed E-state index contributed by atoms with van der Waals surface area (Å²) in [5, 5.41) is 1.08. The maximum Gasteiger partial charge on any atom is 0.163 e. The predicted molar refractivity (Wildman–Crippen MR) is 141 cm³/mol. The average molecular weight is 525 g/mol. The van der Waals surface area contributed by atoms with Gasteiger partial charge in [0.05, 0.1) is 5.92 Å². The summed E-state index contributed by atoms with van der Waals surface area (Å²) in [6.45, 7) is 8.56. The van der Waals surface area contributed by atoms with Gasteiger partial charge in [0.1, 0.15) is 23.9 Å². The first-order valence-electron chi connectivity index (χ1n) is 12.3. The molecule has 5 rings (SSSR count). The number of halogens is 2. The van der Waals surface area contributed by atoms with Crippen LogP contribution >= 0.6 is 23.2 Å². The Morgan fingerprint density at radius 1 is 0.861 bits per heavy atom. The Morgan fingerprint density at radius 2 is 1.44 bits per heavy atom. The van der Waals surface area contributed by atoms with Gasteiger partial charge in [0.15, 0.2) is 11.6 Å². The highest BCUT2D eigenvalue weighted by molar-refractivity contribution is 6.35. The molecule has 0 saturated carbocycles. The van der Waals surface area contributed by atoms with Crippen LogP contribution in [-0.4, -0.2) is 11.6 Å². The molecule has 1 heterocycles. The highest BCUT2D eigenvalue weighted by Gasteiger charge is 2.48. The van der Waals surface area contributed by atoms with Crippen molar-refractivity contribution in [1.29, 1.82) is 0 Å². The number of benzene rings is 2. The van der Waals surface area contributed by atoms with Crippen molar-refractivity contribution in [2.45, 2.75) is 65.9 Å². The van der Waals surface area contributed by atoms with E-state index in [9.17, 15) is 9.59 Å². The van der Waals surface area contributed by atoms with E-state index in [2.05, 4.69) is 27.7 Å². The summed E-state index contributed by atoms with van der Waals surface area (Å²) in [5.74, 6) is 1.57. The van der Waals surface area contributed by atoms with Gasteiger partial charge in [-0.15, -0.1) is 0 Å². The van der Waals surface area contributed by atoms with Gasteiger partial charge in [-0.25, -0.2) is 0 Å². The SMILES string of the molecule is CC1(C)CC(=O)C2=C(C1)OC1=C(C(=O)CC(C)(C)C1)C2c1ccccc1OCc1ccc(Cl)cc1Cl. The Labute approximate surface area is 222 Å². The molecule has 0 fully saturated rings. The fraction of sp³-hybridized carbons (Fsp3) is 0.400. The number of Topliss-reactive ketones (excluding diaryl/α,β-unsaturated/α-hetero) is 2. The van der Waals surface area contributed by atoms with Crippen molar-refractivity contribution in [3.8, 4) is 5.75 Å². The Morgan fingerprint density at radius 3 is 2.03 bits per heavy atom. The van der Waals surface area contributed by atoms with E-state index in [4.69, 9.17) is 32.7 Å². The van der Waals surface area contributed by atoms with E-state index in [1.165, 1.54) is 0 Å². The topological polar surface area (TPSA) is 52.6 Å². The standard InChI is InChI=1S/C30H30Cl2O4/c1-29(2)12-21(33)27-24(14-29)36-25-15-30(3,4)13-22(34)28(25)26(27)19-7-5-6-8-23(19)35-16-17-9-10-18(31)11-20(17)32/h5-11,26H,12-16H2,1-4H3. The summed E-state index contributed by atoms with van der Waals surface area (Å²) in [6, 6.07) is 12.9. The van der Waals surface area contributed by atoms with Gasteiger partial charge in [-0.05, 0) is 29.0 Å². The van der Waals surface area contributed by atoms with Crippen LogP contribution in [0.15, 0.2) is 65.1 Å². The molecule has 0 bridgehead atoms. The van der Waals surface area contributed by atoms with Crippen LogP contribution in [0, 0.1) is 10.8 Å². The van der Waals surface area contributed by atoms with Gasteiger partial charge in [0.25, 0.3) is 0 Å². The zero-order valence-corrected chi connectivity index (χ0v) is 22.6. The van der Waals surface area contributed by atoms with E-state index in [1.807, 2.05) is 30.3 Å². The minimum atomic E-state index is -0.507. The number of carbonyl (C=O) groups is 2. The molecule has 188 valence electrons. The van der Waals surface area contributed by atoms with Gasteiger partial charge in [0.2, 0.25) is 0 Å². The normalized spacial score (nSPS) is 21.2. The van der Waals surface area contributed by atoms with Gasteiger partial charge >= 0.3 is 0 Å². The largest absolute Gasteiger partial charge is 0.489 e. The molecule has 2 aromatic carbocycles. The van der Waals surface area contributed by atoms with Crippen LogP contribution in [0.4, 0.5) is 0 Å². The van der Waals surface area contributed by atoms with E-state index >= 15 is 0 Å². The maximum absolute atomic E-state index is 13.6. The summed E-state index contributed by atoms with van der Waals surface area (Å²) in [7, 11) is 0. The van der Waals surface area contributed by atoms with E-state index in [0.29, 0.717) is 64.1 Å². The van der Waals surface area contributed by atoms with Crippen LogP contribution in [0.1, 0.15) is 70.4 Å². The van der Waals surface area contributed by atoms with Gasteiger partial charge in [-0.2, -0.15) is 0 Å². The highest BCUT2D eigenvalue weighted by atomic mass is 35.5. The molecule has 0 spiro atoms. The minimum absolute atomic E-state index is 0.0333. The molecule has 0 N–H and O–H groups in total. The Hall–Kier alpha value is -2.56. The first kappa shape index (κ1) is 25.1. The van der Waals surface area contributed by atoms with Gasteiger partial charge in [-0.3, -0.25) is 9.59 Å². The molecule has 1 aliphatic heterocycles. The van der Waals surface area contributed by atoms with E-state index in [-0.39, 0.29) is 29.0 Å². The van der Waals surface area contributed by atoms with E-state index in [1.54, 1.807) is 12.1 Å². The van der Waals surface area contributed by atoms with Crippen molar-refractivity contribution in [3.05, 3.63) is 86.3 Å². The van der Waals surface area contributed by atoms with E-state index in [0.717, 1.165) is 11.1 Å². The minimum Gasteiger partial charge on any atom is -0.489 e. The molecule has 0 aromatic heterocycles. The van der Waals surface area contributed by atoms with E-state index < -0.39 is 5.92 Å². The maximum atomic E-state index is 13.6. The van der Waals surface area contributed by atoms with Crippen molar-refractivity contribution >= 4 is 34.8 Å². The van der Waals surface area contributed by atoms with Gasteiger partial charge in [0, 0.05) is 58.0 Å². The molecule has 0 unspecified atom stereocenters. The molecule has 0 atom stereocenters. The Kier molecular flexibility index (Phi) is 6.33. The molecule has 3 aliphatic rings. The predicted octanol–water partition coefficient (Wildman–Crippen LogP) is 7.97. The average Bonchev–Trinajstić information content (AvgIpc) is 2.75. The summed E-state index contributed by atoms with van der Waals surface area (Å²) in [5.41, 5.74) is 2.39. The van der Waals surface area contributed by atoms with Crippen LogP contribution in [-0.2, 0) is 20.9 Å². The fourth-order valence-corrected chi connectivity index (χ4v) is 6.09. The number of rotatable bonds is 4. The molecule has 6 heteroatoms. The second-order valence-corrected chi connectivity index (χ2v) is 12.5. The highest BCUT2D eigenvalue weighted by Crippen LogP contribution is 2.54. The molecule has 2 aliphatic carbocycles. The van der Waals surface area contributed by atoms with Gasteiger partial charge < -0.3 is 9.47 Å². The molecular weight excluding hydrogens is 495 g/mol. The lowest BCUT2D eigenvalue weighted by Crippen LogP contribution is -2.37. The van der Waals surface area contributed by atoms with Crippen LogP contribution in [0.5, 0.6) is 5.75 Å². The molecular formula is C30H30Cl2O4. The molecule has 2 aromatic rings. The Balaban J connectivity index is 1.61. The lowest BCUT2D eigenvalue weighted by Gasteiger charge is -2.43. The van der Waals surface area contributed by atoms with Gasteiger partial charge in [-0.1, -0.05) is 75.2 Å². The number of ether oxygens (including phenoxy) is 2. The first-order valence-corrected chi connectivity index (χ1v) is 13.1. The Bertz CT molecular complexity index is 1280. The number of para-hydroxylation sites is 1. The zero-order chi connectivity index (χ0) is 25.8. The molecule has 0 amide bonds. The summed E-state index contributed by atoms with van der Waals surface area (Å²) in [6.07, 6.45) is 2.13. The third kappa shape index (κ3) is 4.73. The molecule has 0 radical (unpaired) electrons. The number of hydrogen-bond acceptors (Lipinski definition) is 4. The number of carbonyl (C=O) groups excluding carboxylic acids is 2. The van der Waals surface area contributed by atoms with Crippen molar-refractivity contribution < 1.29 is 19.1 Å². The van der Waals surface area contributed by atoms with Crippen LogP contribution in [0.3, 0.4) is 0 Å². The molecule has 4 nitrogen and oxygen atoms in total. The molecule has 0 saturated heterocycles. The zero-order valence-electron chi connectivity index (χ0n) is 21.0. The summed E-state index contributed by atoms with van der Waals surface area (Å²) < 4.78 is 12.7. The molecule has 36 heavy (non-hydrogen) atoms. The lowest BCUT2D eigenvalue weighted by atomic mass is 9.65. The van der Waals surface area contributed by atoms with Crippen molar-refractivity contribution in [2.75, 3.05) is 0 Å². The third-order valence-corrected chi connectivity index (χ3v) is 7.80. The van der Waals surface area contributed by atoms with Crippen LogP contribution < -0.4 is 4.74 Å². The monoisotopic (exact) mass is 524 g/mol. The van der Waals surface area contributed by atoms with Crippen LogP contribution in [0.25, 0.3) is 0 Å². The fourth-order valence-electron chi connectivity index (χ4n) is 5.63. The lowest BCUT2D eigenvalue weighted by molar-refractivity contribution is -0.120. The summed E-state index contributed by atoms with van der Waals surface area (Å²) in [4.78, 5) is 27.1. The first-order chi connectivity index (χ1) is 16.9. The second kappa shape index (κ2) is 9.08. The van der Waals surface area contributed by atoms with Crippen molar-refractivity contribution in [3.63, 3.8) is 0 Å². The second-order valence-electron chi connectivity index (χ2n) is 11.7. The number of ketones is 2. The van der Waals surface area contributed by atoms with Crippen LogP contribution in [0.2, 0.25) is 10.0 Å². The van der Waals surface area contributed by atoms with Crippen molar-refractivity contribution in [2.24, 2.45) is 10.8 Å². The number of allylic oxidation sites excluding steroid dienone is 4. The summed E-state index contributed by atoms with van der Waals surface area (Å²) >= 11 is 12.4. The smallest absolute Gasteiger partial charge is 0.163 e. The van der Waals surface area contributed by atoms with Crippen molar-refractivity contribution in [1.82, 2.24) is 0 Å². The number of hydrogen-bond donors (Lipinski definition) is 0. The quantitative estimate of drug-likeness (QED) is 0.406. The third-order valence-electron chi connectivity index (χ3n) is 7.21.